The average Bonchev–Trinajstić information content (AvgIpc) is 2.35. The Morgan fingerprint density at radius 3 is 2.21 bits per heavy atom. The van der Waals surface area contributed by atoms with E-state index in [0.717, 1.165) is 24.8 Å². The second-order valence-corrected chi connectivity index (χ2v) is 7.28. The maximum Gasteiger partial charge on any atom is 0.241 e. The molecule has 1 saturated carbocycles. The first-order valence-corrected chi connectivity index (χ1v) is 8.16. The molecule has 1 aromatic rings. The van der Waals surface area contributed by atoms with Crippen molar-refractivity contribution in [2.45, 2.75) is 49.6 Å². The van der Waals surface area contributed by atoms with Crippen LogP contribution < -0.4 is 10.0 Å². The molecule has 1 aromatic carbocycles. The van der Waals surface area contributed by atoms with E-state index in [9.17, 15) is 8.42 Å². The summed E-state index contributed by atoms with van der Waals surface area (Å²) in [4.78, 5) is 0.340. The molecule has 1 fully saturated rings. The Bertz CT molecular complexity index is 533. The molecular weight excluding hydrogens is 260 g/mol. The van der Waals surface area contributed by atoms with Crippen LogP contribution in [0.5, 0.6) is 0 Å². The molecule has 0 bridgehead atoms. The number of rotatable bonds is 5. The Morgan fingerprint density at radius 1 is 1.21 bits per heavy atom. The summed E-state index contributed by atoms with van der Waals surface area (Å²) in [6, 6.07) is 7.28. The Morgan fingerprint density at radius 2 is 1.79 bits per heavy atom. The molecule has 1 atom stereocenters. The molecule has 0 radical (unpaired) electrons. The van der Waals surface area contributed by atoms with Crippen LogP contribution in [0.25, 0.3) is 0 Å². The van der Waals surface area contributed by atoms with Crippen molar-refractivity contribution in [2.24, 2.45) is 0 Å². The highest BCUT2D eigenvalue weighted by atomic mass is 32.2. The third kappa shape index (κ3) is 3.16. The van der Waals surface area contributed by atoms with Crippen molar-refractivity contribution in [3.05, 3.63) is 29.8 Å². The van der Waals surface area contributed by atoms with Gasteiger partial charge >= 0.3 is 0 Å². The molecule has 0 spiro atoms. The van der Waals surface area contributed by atoms with Gasteiger partial charge in [0.05, 0.1) is 4.90 Å². The summed E-state index contributed by atoms with van der Waals surface area (Å²) in [7, 11) is -1.52. The third-order valence-electron chi connectivity index (χ3n) is 3.96. The number of hydrogen-bond acceptors (Lipinski definition) is 3. The van der Waals surface area contributed by atoms with Gasteiger partial charge in [0.1, 0.15) is 0 Å². The monoisotopic (exact) mass is 282 g/mol. The van der Waals surface area contributed by atoms with Crippen molar-refractivity contribution < 1.29 is 8.42 Å². The third-order valence-corrected chi connectivity index (χ3v) is 5.62. The molecule has 0 saturated heterocycles. The van der Waals surface area contributed by atoms with Crippen LogP contribution in [-0.2, 0) is 10.0 Å². The summed E-state index contributed by atoms with van der Waals surface area (Å²) in [5, 5.41) is 3.13. The number of benzene rings is 1. The quantitative estimate of drug-likeness (QED) is 0.870. The topological polar surface area (TPSA) is 58.2 Å². The largest absolute Gasteiger partial charge is 0.313 e. The van der Waals surface area contributed by atoms with Crippen LogP contribution in [-0.4, -0.2) is 21.0 Å². The fourth-order valence-electron chi connectivity index (χ4n) is 2.29. The molecular formula is C14H22N2O2S. The fraction of sp³-hybridized carbons (Fsp3) is 0.571. The van der Waals surface area contributed by atoms with Crippen LogP contribution in [0.1, 0.15) is 44.7 Å². The zero-order chi connectivity index (χ0) is 14.1. The number of nitrogens with one attached hydrogen (secondary N) is 2. The summed E-state index contributed by atoms with van der Waals surface area (Å²) >= 11 is 0. The molecule has 19 heavy (non-hydrogen) atoms. The first kappa shape index (κ1) is 14.5. The molecule has 2 rings (SSSR count). The van der Waals surface area contributed by atoms with Crippen LogP contribution >= 0.6 is 0 Å². The Labute approximate surface area is 115 Å². The van der Waals surface area contributed by atoms with Crippen LogP contribution in [0.3, 0.4) is 0 Å². The molecule has 1 aliphatic carbocycles. The Hall–Kier alpha value is -0.910. The first-order chi connectivity index (χ1) is 8.86. The Kier molecular flexibility index (Phi) is 3.99. The molecule has 2 N–H and O–H groups in total. The zero-order valence-corrected chi connectivity index (χ0v) is 12.5. The van der Waals surface area contributed by atoms with E-state index < -0.39 is 10.0 Å². The maximum absolute atomic E-state index is 12.3. The molecule has 1 unspecified atom stereocenters. The average molecular weight is 282 g/mol. The van der Waals surface area contributed by atoms with Gasteiger partial charge in [0, 0.05) is 11.6 Å². The second-order valence-electron chi connectivity index (χ2n) is 5.60. The van der Waals surface area contributed by atoms with Gasteiger partial charge in [-0.15, -0.1) is 0 Å². The van der Waals surface area contributed by atoms with Crippen LogP contribution in [0.15, 0.2) is 29.2 Å². The molecule has 4 nitrogen and oxygen atoms in total. The molecule has 1 aliphatic rings. The zero-order valence-electron chi connectivity index (χ0n) is 11.7. The van der Waals surface area contributed by atoms with E-state index in [1.807, 2.05) is 33.0 Å². The lowest BCUT2D eigenvalue weighted by atomic mass is 9.80. The minimum absolute atomic E-state index is 0.217. The van der Waals surface area contributed by atoms with E-state index in [0.29, 0.717) is 4.90 Å². The van der Waals surface area contributed by atoms with Crippen LogP contribution in [0.2, 0.25) is 0 Å². The number of hydrogen-bond donors (Lipinski definition) is 2. The summed E-state index contributed by atoms with van der Waals surface area (Å²) in [6.07, 6.45) is 2.93. The van der Waals surface area contributed by atoms with Crippen LogP contribution in [0.4, 0.5) is 0 Å². The molecule has 0 aromatic heterocycles. The standard InChI is InChI=1S/C14H22N2O2S/c1-11(15-3)12-5-7-13(8-6-12)19(17,18)16-14(2)9-4-10-14/h5-8,11,15-16H,4,9-10H2,1-3H3. The van der Waals surface area contributed by atoms with Crippen molar-refractivity contribution in [3.63, 3.8) is 0 Å². The van der Waals surface area contributed by atoms with Crippen molar-refractivity contribution in [3.8, 4) is 0 Å². The predicted octanol–water partition coefficient (Wildman–Crippen LogP) is 2.19. The summed E-state index contributed by atoms with van der Waals surface area (Å²) in [6.45, 7) is 4.00. The van der Waals surface area contributed by atoms with Crippen LogP contribution in [0, 0.1) is 0 Å². The van der Waals surface area contributed by atoms with E-state index in [1.54, 1.807) is 12.1 Å². The highest BCUT2D eigenvalue weighted by Gasteiger charge is 2.36. The normalized spacial score (nSPS) is 19.7. The van der Waals surface area contributed by atoms with E-state index in [2.05, 4.69) is 10.0 Å². The van der Waals surface area contributed by atoms with Gasteiger partial charge in [-0.25, -0.2) is 13.1 Å². The summed E-state index contributed by atoms with van der Waals surface area (Å²) in [5.74, 6) is 0. The highest BCUT2D eigenvalue weighted by Crippen LogP contribution is 2.32. The lowest BCUT2D eigenvalue weighted by Gasteiger charge is -2.38. The lowest BCUT2D eigenvalue weighted by molar-refractivity contribution is 0.248. The first-order valence-electron chi connectivity index (χ1n) is 6.67. The Balaban J connectivity index is 2.16. The van der Waals surface area contributed by atoms with Gasteiger partial charge in [-0.2, -0.15) is 0 Å². The SMILES string of the molecule is CNC(C)c1ccc(S(=O)(=O)NC2(C)CCC2)cc1. The van der Waals surface area contributed by atoms with Gasteiger partial charge in [-0.1, -0.05) is 12.1 Å². The van der Waals surface area contributed by atoms with E-state index in [4.69, 9.17) is 0 Å². The lowest BCUT2D eigenvalue weighted by Crippen LogP contribution is -2.50. The van der Waals surface area contributed by atoms with Crippen molar-refractivity contribution >= 4 is 10.0 Å². The summed E-state index contributed by atoms with van der Waals surface area (Å²) in [5.41, 5.74) is 0.826. The van der Waals surface area contributed by atoms with Crippen molar-refractivity contribution in [1.29, 1.82) is 0 Å². The fourth-order valence-corrected chi connectivity index (χ4v) is 3.76. The molecule has 0 heterocycles. The maximum atomic E-state index is 12.3. The van der Waals surface area contributed by atoms with Gasteiger partial charge < -0.3 is 5.32 Å². The van der Waals surface area contributed by atoms with Gasteiger partial charge in [-0.05, 0) is 57.9 Å². The second kappa shape index (κ2) is 5.23. The van der Waals surface area contributed by atoms with E-state index in [-0.39, 0.29) is 11.6 Å². The molecule has 0 amide bonds. The number of sulfonamides is 1. The van der Waals surface area contributed by atoms with Gasteiger partial charge in [0.15, 0.2) is 0 Å². The van der Waals surface area contributed by atoms with Crippen molar-refractivity contribution in [1.82, 2.24) is 10.0 Å². The minimum Gasteiger partial charge on any atom is -0.313 e. The van der Waals surface area contributed by atoms with Crippen molar-refractivity contribution in [2.75, 3.05) is 7.05 Å². The molecule has 5 heteroatoms. The minimum atomic E-state index is -3.40. The van der Waals surface area contributed by atoms with Gasteiger partial charge in [0.25, 0.3) is 0 Å². The summed E-state index contributed by atoms with van der Waals surface area (Å²) < 4.78 is 27.3. The van der Waals surface area contributed by atoms with Gasteiger partial charge in [0.2, 0.25) is 10.0 Å². The molecule has 106 valence electrons. The predicted molar refractivity (Wildman–Crippen MR) is 76.5 cm³/mol. The van der Waals surface area contributed by atoms with Gasteiger partial charge in [-0.3, -0.25) is 0 Å². The smallest absolute Gasteiger partial charge is 0.241 e. The van der Waals surface area contributed by atoms with E-state index >= 15 is 0 Å². The van der Waals surface area contributed by atoms with E-state index in [1.165, 1.54) is 0 Å². The molecule has 0 aliphatic heterocycles. The highest BCUT2D eigenvalue weighted by molar-refractivity contribution is 7.89.